The van der Waals surface area contributed by atoms with Gasteiger partial charge in [0.15, 0.2) is 6.29 Å². The van der Waals surface area contributed by atoms with Crippen molar-refractivity contribution in [2.24, 2.45) is 5.92 Å². The third-order valence-corrected chi connectivity index (χ3v) is 3.87. The van der Waals surface area contributed by atoms with Gasteiger partial charge in [-0.05, 0) is 24.0 Å². The standard InChI is InChI=1S/C15H18O3/c1-9-8-14(16)18-13-7-6-10-11(15(9)13)4-3-5-12(10)17-2/h3-5,9,14,16H,6-8H2,1-2H3/t9-,14?/m1/s1. The number of aliphatic hydroxyl groups is 1. The average molecular weight is 246 g/mol. The highest BCUT2D eigenvalue weighted by atomic mass is 16.6. The Morgan fingerprint density at radius 2 is 2.17 bits per heavy atom. The fourth-order valence-corrected chi connectivity index (χ4v) is 3.09. The second kappa shape index (κ2) is 4.32. The Morgan fingerprint density at radius 3 is 2.94 bits per heavy atom. The van der Waals surface area contributed by atoms with E-state index in [1.807, 2.05) is 12.1 Å². The van der Waals surface area contributed by atoms with Gasteiger partial charge >= 0.3 is 0 Å². The van der Waals surface area contributed by atoms with E-state index in [1.54, 1.807) is 7.11 Å². The Hall–Kier alpha value is -1.48. The zero-order chi connectivity index (χ0) is 12.7. The van der Waals surface area contributed by atoms with Crippen LogP contribution in [0.1, 0.15) is 30.9 Å². The van der Waals surface area contributed by atoms with Crippen molar-refractivity contribution >= 4 is 5.57 Å². The van der Waals surface area contributed by atoms with Crippen molar-refractivity contribution in [1.82, 2.24) is 0 Å². The number of hydrogen-bond donors (Lipinski definition) is 1. The van der Waals surface area contributed by atoms with Crippen LogP contribution >= 0.6 is 0 Å². The van der Waals surface area contributed by atoms with Gasteiger partial charge < -0.3 is 14.6 Å². The number of allylic oxidation sites excluding steroid dienone is 2. The molecular weight excluding hydrogens is 228 g/mol. The SMILES string of the molecule is COc1cccc2c1CCC1=C2[C@H](C)CC(O)O1. The number of benzene rings is 1. The molecule has 0 bridgehead atoms. The Bertz CT molecular complexity index is 504. The first kappa shape index (κ1) is 11.6. The van der Waals surface area contributed by atoms with Gasteiger partial charge in [-0.2, -0.15) is 0 Å². The second-order valence-electron chi connectivity index (χ2n) is 5.03. The van der Waals surface area contributed by atoms with Gasteiger partial charge in [-0.1, -0.05) is 19.1 Å². The third-order valence-electron chi connectivity index (χ3n) is 3.87. The molecule has 0 amide bonds. The molecule has 1 aromatic rings. The zero-order valence-electron chi connectivity index (χ0n) is 10.8. The molecule has 96 valence electrons. The largest absolute Gasteiger partial charge is 0.496 e. The van der Waals surface area contributed by atoms with E-state index in [4.69, 9.17) is 9.47 Å². The highest BCUT2D eigenvalue weighted by Gasteiger charge is 2.32. The first-order valence-electron chi connectivity index (χ1n) is 6.44. The molecule has 18 heavy (non-hydrogen) atoms. The number of fused-ring (bicyclic) bond motifs is 2. The van der Waals surface area contributed by atoms with Gasteiger partial charge in [-0.3, -0.25) is 0 Å². The van der Waals surface area contributed by atoms with Crippen LogP contribution in [0, 0.1) is 5.92 Å². The monoisotopic (exact) mass is 246 g/mol. The average Bonchev–Trinajstić information content (AvgIpc) is 2.36. The van der Waals surface area contributed by atoms with E-state index in [9.17, 15) is 5.11 Å². The van der Waals surface area contributed by atoms with Crippen molar-refractivity contribution in [1.29, 1.82) is 0 Å². The predicted octanol–water partition coefficient (Wildman–Crippen LogP) is 2.73. The molecular formula is C15H18O3. The summed E-state index contributed by atoms with van der Waals surface area (Å²) in [6.07, 6.45) is 1.78. The Morgan fingerprint density at radius 1 is 1.33 bits per heavy atom. The number of hydrogen-bond acceptors (Lipinski definition) is 3. The van der Waals surface area contributed by atoms with Crippen molar-refractivity contribution in [2.75, 3.05) is 7.11 Å². The van der Waals surface area contributed by atoms with Crippen LogP contribution in [0.15, 0.2) is 24.0 Å². The van der Waals surface area contributed by atoms with Gasteiger partial charge in [-0.25, -0.2) is 0 Å². The lowest BCUT2D eigenvalue weighted by Crippen LogP contribution is -2.26. The summed E-state index contributed by atoms with van der Waals surface area (Å²) in [5, 5.41) is 9.69. The van der Waals surface area contributed by atoms with Crippen molar-refractivity contribution in [3.8, 4) is 5.75 Å². The van der Waals surface area contributed by atoms with Crippen molar-refractivity contribution in [2.45, 2.75) is 32.5 Å². The van der Waals surface area contributed by atoms with Gasteiger partial charge in [0.2, 0.25) is 0 Å². The summed E-state index contributed by atoms with van der Waals surface area (Å²) in [5.74, 6) is 2.24. The number of rotatable bonds is 1. The summed E-state index contributed by atoms with van der Waals surface area (Å²) in [6.45, 7) is 2.15. The Labute approximate surface area is 107 Å². The molecule has 0 spiro atoms. The van der Waals surface area contributed by atoms with Crippen LogP contribution < -0.4 is 4.74 Å². The van der Waals surface area contributed by atoms with Crippen LogP contribution in [-0.2, 0) is 11.2 Å². The first-order valence-corrected chi connectivity index (χ1v) is 6.44. The maximum atomic E-state index is 9.69. The van der Waals surface area contributed by atoms with E-state index in [0.717, 1.165) is 24.4 Å². The van der Waals surface area contributed by atoms with Gasteiger partial charge in [0.1, 0.15) is 11.5 Å². The van der Waals surface area contributed by atoms with Crippen LogP contribution in [0.25, 0.3) is 5.57 Å². The molecule has 1 aliphatic heterocycles. The predicted molar refractivity (Wildman–Crippen MR) is 69.1 cm³/mol. The highest BCUT2D eigenvalue weighted by Crippen LogP contribution is 2.44. The van der Waals surface area contributed by atoms with Gasteiger partial charge in [0.25, 0.3) is 0 Å². The molecule has 1 aliphatic carbocycles. The summed E-state index contributed by atoms with van der Waals surface area (Å²) < 4.78 is 11.0. The minimum atomic E-state index is -0.647. The fourth-order valence-electron chi connectivity index (χ4n) is 3.09. The molecule has 2 aliphatic rings. The van der Waals surface area contributed by atoms with E-state index in [2.05, 4.69) is 13.0 Å². The van der Waals surface area contributed by atoms with Crippen LogP contribution in [0.5, 0.6) is 5.75 Å². The van der Waals surface area contributed by atoms with E-state index in [-0.39, 0.29) is 0 Å². The Kier molecular flexibility index (Phi) is 2.78. The molecule has 3 heteroatoms. The summed E-state index contributed by atoms with van der Waals surface area (Å²) in [7, 11) is 1.71. The lowest BCUT2D eigenvalue weighted by atomic mass is 9.80. The van der Waals surface area contributed by atoms with Crippen LogP contribution in [0.2, 0.25) is 0 Å². The van der Waals surface area contributed by atoms with Crippen molar-refractivity contribution < 1.29 is 14.6 Å². The van der Waals surface area contributed by atoms with Crippen LogP contribution in [0.4, 0.5) is 0 Å². The molecule has 0 saturated heterocycles. The van der Waals surface area contributed by atoms with E-state index < -0.39 is 6.29 Å². The first-order chi connectivity index (χ1) is 8.70. The minimum Gasteiger partial charge on any atom is -0.496 e. The molecule has 1 heterocycles. The second-order valence-corrected chi connectivity index (χ2v) is 5.03. The van der Waals surface area contributed by atoms with Crippen LogP contribution in [-0.4, -0.2) is 18.5 Å². The smallest absolute Gasteiger partial charge is 0.197 e. The van der Waals surface area contributed by atoms with Crippen molar-refractivity contribution in [3.63, 3.8) is 0 Å². The molecule has 1 unspecified atom stereocenters. The third kappa shape index (κ3) is 1.70. The van der Waals surface area contributed by atoms with Crippen molar-refractivity contribution in [3.05, 3.63) is 35.1 Å². The highest BCUT2D eigenvalue weighted by molar-refractivity contribution is 5.75. The molecule has 3 nitrogen and oxygen atoms in total. The van der Waals surface area contributed by atoms with E-state index >= 15 is 0 Å². The van der Waals surface area contributed by atoms with Gasteiger partial charge in [0.05, 0.1) is 7.11 Å². The summed E-state index contributed by atoms with van der Waals surface area (Å²) in [5.41, 5.74) is 3.75. The molecule has 0 fully saturated rings. The van der Waals surface area contributed by atoms with Crippen LogP contribution in [0.3, 0.4) is 0 Å². The van der Waals surface area contributed by atoms with E-state index in [1.165, 1.54) is 16.7 Å². The molecule has 1 N–H and O–H groups in total. The molecule has 2 atom stereocenters. The fraction of sp³-hybridized carbons (Fsp3) is 0.467. The lowest BCUT2D eigenvalue weighted by Gasteiger charge is -2.34. The topological polar surface area (TPSA) is 38.7 Å². The molecule has 0 aromatic heterocycles. The summed E-state index contributed by atoms with van der Waals surface area (Å²) in [4.78, 5) is 0. The molecule has 0 radical (unpaired) electrons. The molecule has 0 saturated carbocycles. The minimum absolute atomic E-state index is 0.329. The normalized spacial score (nSPS) is 26.2. The zero-order valence-corrected chi connectivity index (χ0v) is 10.8. The summed E-state index contributed by atoms with van der Waals surface area (Å²) >= 11 is 0. The number of aliphatic hydroxyl groups excluding tert-OH is 1. The lowest BCUT2D eigenvalue weighted by molar-refractivity contribution is -0.0852. The van der Waals surface area contributed by atoms with E-state index in [0.29, 0.717) is 12.3 Å². The molecule has 3 rings (SSSR count). The maximum Gasteiger partial charge on any atom is 0.197 e. The Balaban J connectivity index is 2.13. The number of methoxy groups -OCH3 is 1. The summed E-state index contributed by atoms with van der Waals surface area (Å²) in [6, 6.07) is 6.16. The molecule has 1 aromatic carbocycles. The number of ether oxygens (including phenoxy) is 2. The maximum absolute atomic E-state index is 9.69. The van der Waals surface area contributed by atoms with Gasteiger partial charge in [-0.15, -0.1) is 0 Å². The quantitative estimate of drug-likeness (QED) is 0.828. The van der Waals surface area contributed by atoms with Gasteiger partial charge in [0, 0.05) is 24.0 Å².